The Bertz CT molecular complexity index is 882. The van der Waals surface area contributed by atoms with Crippen molar-refractivity contribution in [2.75, 3.05) is 0 Å². The van der Waals surface area contributed by atoms with Crippen molar-refractivity contribution in [3.8, 4) is 0 Å². The molecule has 3 rings (SSSR count). The number of pyridine rings is 1. The van der Waals surface area contributed by atoms with Crippen molar-refractivity contribution in [1.29, 1.82) is 0 Å². The number of hydrogen-bond acceptors (Lipinski definition) is 2. The molecule has 0 fully saturated rings. The summed E-state index contributed by atoms with van der Waals surface area (Å²) >= 11 is 0. The Balaban J connectivity index is 1.91. The van der Waals surface area contributed by atoms with Crippen LogP contribution in [0.3, 0.4) is 0 Å². The molecule has 110 valence electrons. The van der Waals surface area contributed by atoms with E-state index < -0.39 is 0 Å². The third-order valence-electron chi connectivity index (χ3n) is 3.67. The van der Waals surface area contributed by atoms with Gasteiger partial charge in [0.2, 0.25) is 0 Å². The fourth-order valence-electron chi connectivity index (χ4n) is 2.46. The molecule has 0 aliphatic heterocycles. The van der Waals surface area contributed by atoms with Crippen molar-refractivity contribution in [1.82, 2.24) is 9.88 Å². The minimum atomic E-state index is -0.352. The van der Waals surface area contributed by atoms with Gasteiger partial charge in [0.15, 0.2) is 0 Å². The van der Waals surface area contributed by atoms with Gasteiger partial charge in [-0.25, -0.2) is 0 Å². The number of carbonyl (C=O) groups is 1. The zero-order valence-electron chi connectivity index (χ0n) is 12.2. The van der Waals surface area contributed by atoms with E-state index in [1.54, 1.807) is 13.1 Å². The van der Waals surface area contributed by atoms with Crippen molar-refractivity contribution in [3.63, 3.8) is 0 Å². The maximum absolute atomic E-state index is 12.3. The average Bonchev–Trinajstić information content (AvgIpc) is 2.57. The largest absolute Gasteiger partial charge is 0.348 e. The molecule has 1 heterocycles. The van der Waals surface area contributed by atoms with E-state index in [4.69, 9.17) is 0 Å². The van der Waals surface area contributed by atoms with Crippen LogP contribution < -0.4 is 10.9 Å². The zero-order chi connectivity index (χ0) is 15.5. The third-order valence-corrected chi connectivity index (χ3v) is 3.67. The van der Waals surface area contributed by atoms with Crippen LogP contribution in [0, 0.1) is 0 Å². The van der Waals surface area contributed by atoms with Crippen molar-refractivity contribution in [2.24, 2.45) is 7.05 Å². The Morgan fingerprint density at radius 2 is 1.73 bits per heavy atom. The van der Waals surface area contributed by atoms with Crippen LogP contribution >= 0.6 is 0 Å². The quantitative estimate of drug-likeness (QED) is 0.806. The molecule has 0 bridgehead atoms. The number of aryl methyl sites for hydroxylation is 1. The van der Waals surface area contributed by atoms with Crippen molar-refractivity contribution in [2.45, 2.75) is 6.54 Å². The summed E-state index contributed by atoms with van der Waals surface area (Å²) in [5.74, 6) is -0.352. The maximum atomic E-state index is 12.3. The minimum Gasteiger partial charge on any atom is -0.348 e. The summed E-state index contributed by atoms with van der Waals surface area (Å²) in [6.07, 6.45) is 0. The molecule has 3 aromatic rings. The number of rotatable bonds is 3. The van der Waals surface area contributed by atoms with Crippen LogP contribution in [0.5, 0.6) is 0 Å². The zero-order valence-corrected chi connectivity index (χ0v) is 12.2. The number of fused-ring (bicyclic) bond motifs is 1. The van der Waals surface area contributed by atoms with Gasteiger partial charge in [-0.05, 0) is 23.1 Å². The van der Waals surface area contributed by atoms with Crippen molar-refractivity contribution in [3.05, 3.63) is 82.1 Å². The van der Waals surface area contributed by atoms with Crippen LogP contribution in [-0.2, 0) is 13.6 Å². The Kier molecular flexibility index (Phi) is 3.74. The molecule has 4 heteroatoms. The summed E-state index contributed by atoms with van der Waals surface area (Å²) in [5, 5.41) is 3.67. The van der Waals surface area contributed by atoms with Crippen LogP contribution in [0.4, 0.5) is 0 Å². The fraction of sp³-hybridized carbons (Fsp3) is 0.111. The summed E-state index contributed by atoms with van der Waals surface area (Å²) in [6.45, 7) is 0.398. The highest BCUT2D eigenvalue weighted by atomic mass is 16.2. The Hall–Kier alpha value is -2.88. The monoisotopic (exact) mass is 292 g/mol. The van der Waals surface area contributed by atoms with E-state index in [9.17, 15) is 9.59 Å². The third kappa shape index (κ3) is 2.63. The van der Waals surface area contributed by atoms with Gasteiger partial charge in [-0.15, -0.1) is 0 Å². The molecule has 0 saturated carbocycles. The molecular formula is C18H16N2O2. The number of amides is 1. The second kappa shape index (κ2) is 5.85. The number of benzene rings is 2. The van der Waals surface area contributed by atoms with Crippen LogP contribution in [0.25, 0.3) is 10.9 Å². The molecule has 0 saturated heterocycles. The first-order valence-electron chi connectivity index (χ1n) is 7.08. The molecule has 0 spiro atoms. The van der Waals surface area contributed by atoms with E-state index in [-0.39, 0.29) is 17.0 Å². The van der Waals surface area contributed by atoms with E-state index in [0.717, 1.165) is 16.5 Å². The molecule has 0 aliphatic rings. The number of aromatic nitrogens is 1. The molecule has 2 aromatic carbocycles. The first-order chi connectivity index (χ1) is 10.7. The molecule has 0 radical (unpaired) electrons. The first kappa shape index (κ1) is 14.1. The fourth-order valence-corrected chi connectivity index (χ4v) is 2.46. The lowest BCUT2D eigenvalue weighted by atomic mass is 10.1. The molecule has 1 aromatic heterocycles. The second-order valence-corrected chi connectivity index (χ2v) is 5.15. The number of para-hydroxylation sites is 1. The smallest absolute Gasteiger partial charge is 0.263 e. The Morgan fingerprint density at radius 1 is 1.05 bits per heavy atom. The number of hydrogen-bond donors (Lipinski definition) is 1. The topological polar surface area (TPSA) is 51.1 Å². The molecule has 0 unspecified atom stereocenters. The summed E-state index contributed by atoms with van der Waals surface area (Å²) < 4.78 is 1.51. The van der Waals surface area contributed by atoms with Gasteiger partial charge in [0.05, 0.1) is 5.52 Å². The highest BCUT2D eigenvalue weighted by Crippen LogP contribution is 2.12. The van der Waals surface area contributed by atoms with E-state index in [1.807, 2.05) is 54.6 Å². The second-order valence-electron chi connectivity index (χ2n) is 5.15. The van der Waals surface area contributed by atoms with Gasteiger partial charge in [0.1, 0.15) is 5.56 Å². The lowest BCUT2D eigenvalue weighted by Gasteiger charge is -2.09. The van der Waals surface area contributed by atoms with E-state index in [1.165, 1.54) is 4.57 Å². The molecule has 1 N–H and O–H groups in total. The molecular weight excluding hydrogens is 276 g/mol. The molecule has 0 aliphatic carbocycles. The van der Waals surface area contributed by atoms with Crippen LogP contribution in [-0.4, -0.2) is 10.5 Å². The van der Waals surface area contributed by atoms with Crippen LogP contribution in [0.15, 0.2) is 65.5 Å². The lowest BCUT2D eigenvalue weighted by Crippen LogP contribution is -2.32. The Morgan fingerprint density at radius 3 is 2.50 bits per heavy atom. The summed E-state index contributed by atoms with van der Waals surface area (Å²) in [7, 11) is 1.68. The van der Waals surface area contributed by atoms with Gasteiger partial charge in [-0.2, -0.15) is 0 Å². The molecule has 22 heavy (non-hydrogen) atoms. The normalized spacial score (nSPS) is 10.6. The van der Waals surface area contributed by atoms with Gasteiger partial charge in [0, 0.05) is 13.6 Å². The minimum absolute atomic E-state index is 0.164. The SMILES string of the molecule is Cn1c(=O)c(C(=O)NCc2ccccc2)cc2ccccc21. The van der Waals surface area contributed by atoms with Crippen molar-refractivity contribution >= 4 is 16.8 Å². The highest BCUT2D eigenvalue weighted by Gasteiger charge is 2.13. The van der Waals surface area contributed by atoms with Gasteiger partial charge in [0.25, 0.3) is 11.5 Å². The van der Waals surface area contributed by atoms with Gasteiger partial charge in [-0.1, -0.05) is 48.5 Å². The van der Waals surface area contributed by atoms with Gasteiger partial charge in [-0.3, -0.25) is 9.59 Å². The van der Waals surface area contributed by atoms with Crippen LogP contribution in [0.2, 0.25) is 0 Å². The van der Waals surface area contributed by atoms with Crippen LogP contribution in [0.1, 0.15) is 15.9 Å². The number of carbonyl (C=O) groups excluding carboxylic acids is 1. The lowest BCUT2D eigenvalue weighted by molar-refractivity contribution is 0.0949. The van der Waals surface area contributed by atoms with E-state index in [0.29, 0.717) is 6.54 Å². The number of nitrogens with zero attached hydrogens (tertiary/aromatic N) is 1. The molecule has 0 atom stereocenters. The van der Waals surface area contributed by atoms with Crippen molar-refractivity contribution < 1.29 is 4.79 Å². The van der Waals surface area contributed by atoms with E-state index in [2.05, 4.69) is 5.32 Å². The summed E-state index contributed by atoms with van der Waals surface area (Å²) in [5.41, 5.74) is 1.68. The Labute approximate surface area is 128 Å². The van der Waals surface area contributed by atoms with E-state index >= 15 is 0 Å². The number of nitrogens with one attached hydrogen (secondary N) is 1. The predicted molar refractivity (Wildman–Crippen MR) is 86.8 cm³/mol. The first-order valence-corrected chi connectivity index (χ1v) is 7.08. The summed E-state index contributed by atoms with van der Waals surface area (Å²) in [6, 6.07) is 18.8. The molecule has 1 amide bonds. The maximum Gasteiger partial charge on any atom is 0.263 e. The highest BCUT2D eigenvalue weighted by molar-refractivity contribution is 5.97. The van der Waals surface area contributed by atoms with Gasteiger partial charge >= 0.3 is 0 Å². The standard InChI is InChI=1S/C18H16N2O2/c1-20-16-10-6-5-9-14(16)11-15(18(20)22)17(21)19-12-13-7-3-2-4-8-13/h2-11H,12H2,1H3,(H,19,21). The predicted octanol–water partition coefficient (Wildman–Crippen LogP) is 2.47. The van der Waals surface area contributed by atoms with Gasteiger partial charge < -0.3 is 9.88 Å². The average molecular weight is 292 g/mol. The molecule has 4 nitrogen and oxygen atoms in total. The summed E-state index contributed by atoms with van der Waals surface area (Å²) in [4.78, 5) is 24.6.